The van der Waals surface area contributed by atoms with Crippen LogP contribution >= 0.6 is 11.6 Å². The number of nitrogens with zero attached hydrogens (tertiary/aromatic N) is 4. The number of benzene rings is 1. The summed E-state index contributed by atoms with van der Waals surface area (Å²) in [6, 6.07) is 7.21. The first-order valence-corrected chi connectivity index (χ1v) is 9.35. The van der Waals surface area contributed by atoms with Gasteiger partial charge in [0.1, 0.15) is 23.7 Å². The molecule has 0 saturated carbocycles. The van der Waals surface area contributed by atoms with E-state index in [1.807, 2.05) is 0 Å². The van der Waals surface area contributed by atoms with Crippen molar-refractivity contribution >= 4 is 17.9 Å². The number of hydrogen-bond acceptors (Lipinski definition) is 6. The number of hydrogen-bond donors (Lipinski definition) is 3. The molecule has 12 heteroatoms. The molecule has 0 bridgehead atoms. The normalized spacial score (nSPS) is 13.8. The molecular formula is C20H17ClF4N6O. The maximum atomic E-state index is 15.6. The first-order chi connectivity index (χ1) is 15.1. The average molecular weight is 469 g/mol. The van der Waals surface area contributed by atoms with Crippen LogP contribution in [0.5, 0.6) is 0 Å². The summed E-state index contributed by atoms with van der Waals surface area (Å²) in [6.07, 6.45) is 3.25. The van der Waals surface area contributed by atoms with Crippen LogP contribution in [0.2, 0.25) is 5.02 Å². The Labute approximate surface area is 184 Å². The molecule has 7 nitrogen and oxygen atoms in total. The molecule has 0 saturated heterocycles. The third kappa shape index (κ3) is 4.49. The summed E-state index contributed by atoms with van der Waals surface area (Å²) >= 11 is 5.79. The fourth-order valence-electron chi connectivity index (χ4n) is 3.06. The molecule has 2 heterocycles. The van der Waals surface area contributed by atoms with Crippen LogP contribution in [-0.4, -0.2) is 33.0 Å². The van der Waals surface area contributed by atoms with E-state index >= 15 is 8.78 Å². The lowest BCUT2D eigenvalue weighted by Crippen LogP contribution is -2.53. The molecule has 1 aromatic carbocycles. The van der Waals surface area contributed by atoms with Gasteiger partial charge in [-0.15, -0.1) is 0 Å². The van der Waals surface area contributed by atoms with Crippen molar-refractivity contribution < 1.29 is 22.7 Å². The first-order valence-electron chi connectivity index (χ1n) is 8.97. The molecule has 3 aromatic rings. The van der Waals surface area contributed by atoms with E-state index < -0.39 is 41.0 Å². The standard InChI is InChI=1S/C20H17ClF4N6O/c21-13-2-5-17(28-9-13)12-1-6-18(29-8-12)20(24,25)19(32,10-31(27)11-30-26)15-4-3-14(22)7-16(15)23/h1-9,11,32H,10,26-27H2/b30-11-. The van der Waals surface area contributed by atoms with Crippen LogP contribution in [0.1, 0.15) is 11.3 Å². The Morgan fingerprint density at radius 2 is 1.84 bits per heavy atom. The Bertz CT molecular complexity index is 1110. The van der Waals surface area contributed by atoms with Crippen molar-refractivity contribution in [3.8, 4) is 11.3 Å². The van der Waals surface area contributed by atoms with Crippen LogP contribution in [0.3, 0.4) is 0 Å². The molecule has 0 aliphatic heterocycles. The number of hydrazine groups is 1. The predicted octanol–water partition coefficient (Wildman–Crippen LogP) is 3.13. The van der Waals surface area contributed by atoms with Crippen molar-refractivity contribution in [3.63, 3.8) is 0 Å². The number of halogens is 5. The van der Waals surface area contributed by atoms with E-state index in [1.165, 1.54) is 12.3 Å². The van der Waals surface area contributed by atoms with Gasteiger partial charge in [0.2, 0.25) is 0 Å². The van der Waals surface area contributed by atoms with Gasteiger partial charge in [-0.25, -0.2) is 14.6 Å². The minimum atomic E-state index is -4.18. The molecule has 0 radical (unpaired) electrons. The van der Waals surface area contributed by atoms with Crippen LogP contribution in [0.25, 0.3) is 11.3 Å². The lowest BCUT2D eigenvalue weighted by molar-refractivity contribution is -0.203. The van der Waals surface area contributed by atoms with Gasteiger partial charge in [-0.3, -0.25) is 15.0 Å². The second-order valence-electron chi connectivity index (χ2n) is 6.79. The highest BCUT2D eigenvalue weighted by Gasteiger charge is 2.58. The fourth-order valence-corrected chi connectivity index (χ4v) is 3.17. The highest BCUT2D eigenvalue weighted by atomic mass is 35.5. The van der Waals surface area contributed by atoms with Gasteiger partial charge in [-0.2, -0.15) is 13.9 Å². The van der Waals surface area contributed by atoms with Gasteiger partial charge >= 0.3 is 5.92 Å². The van der Waals surface area contributed by atoms with Crippen molar-refractivity contribution in [2.75, 3.05) is 6.54 Å². The van der Waals surface area contributed by atoms with E-state index in [0.29, 0.717) is 33.4 Å². The van der Waals surface area contributed by atoms with Gasteiger partial charge in [0.25, 0.3) is 0 Å². The number of alkyl halides is 2. The third-order valence-electron chi connectivity index (χ3n) is 4.63. The predicted molar refractivity (Wildman–Crippen MR) is 110 cm³/mol. The number of hydrazone groups is 1. The van der Waals surface area contributed by atoms with E-state index in [2.05, 4.69) is 15.1 Å². The molecule has 32 heavy (non-hydrogen) atoms. The Morgan fingerprint density at radius 1 is 1.09 bits per heavy atom. The Kier molecular flexibility index (Phi) is 6.63. The summed E-state index contributed by atoms with van der Waals surface area (Å²) in [6.45, 7) is -1.05. The number of nitrogens with two attached hydrogens (primary N) is 2. The highest BCUT2D eigenvalue weighted by Crippen LogP contribution is 2.46. The maximum absolute atomic E-state index is 15.6. The molecule has 1 atom stereocenters. The molecule has 168 valence electrons. The Balaban J connectivity index is 2.07. The first kappa shape index (κ1) is 23.4. The fraction of sp³-hybridized carbons (Fsp3) is 0.150. The quantitative estimate of drug-likeness (QED) is 0.161. The van der Waals surface area contributed by atoms with Crippen molar-refractivity contribution in [3.05, 3.63) is 82.8 Å². The largest absolute Gasteiger partial charge is 0.377 e. The minimum Gasteiger partial charge on any atom is -0.377 e. The van der Waals surface area contributed by atoms with E-state index in [9.17, 15) is 13.9 Å². The van der Waals surface area contributed by atoms with Crippen LogP contribution in [-0.2, 0) is 11.5 Å². The van der Waals surface area contributed by atoms with Gasteiger partial charge in [-0.05, 0) is 36.4 Å². The average Bonchev–Trinajstić information content (AvgIpc) is 2.74. The summed E-state index contributed by atoms with van der Waals surface area (Å²) < 4.78 is 59.0. The molecule has 3 rings (SSSR count). The highest BCUT2D eigenvalue weighted by molar-refractivity contribution is 6.30. The lowest BCUT2D eigenvalue weighted by atomic mass is 9.84. The molecule has 1 unspecified atom stereocenters. The smallest absolute Gasteiger partial charge is 0.323 e. The molecule has 0 fully saturated rings. The van der Waals surface area contributed by atoms with Crippen LogP contribution < -0.4 is 11.7 Å². The van der Waals surface area contributed by atoms with Crippen LogP contribution in [0.4, 0.5) is 17.6 Å². The molecule has 2 aromatic heterocycles. The van der Waals surface area contributed by atoms with E-state index in [-0.39, 0.29) is 0 Å². The summed E-state index contributed by atoms with van der Waals surface area (Å²) in [5, 5.41) is 15.1. The van der Waals surface area contributed by atoms with Crippen molar-refractivity contribution in [2.24, 2.45) is 16.8 Å². The van der Waals surface area contributed by atoms with Gasteiger partial charge in [-0.1, -0.05) is 11.6 Å². The zero-order valence-corrected chi connectivity index (χ0v) is 17.0. The molecule has 0 spiro atoms. The molecule has 5 N–H and O–H groups in total. The minimum absolute atomic E-state index is 0.372. The molecule has 0 aliphatic carbocycles. The third-order valence-corrected chi connectivity index (χ3v) is 4.85. The SMILES string of the molecule is N/N=C\N(N)CC(O)(c1ccc(F)cc1F)C(F)(F)c1ccc(-c2ccc(Cl)cn2)cn1. The number of pyridine rings is 2. The van der Waals surface area contributed by atoms with Crippen molar-refractivity contribution in [2.45, 2.75) is 11.5 Å². The Morgan fingerprint density at radius 3 is 2.41 bits per heavy atom. The van der Waals surface area contributed by atoms with Gasteiger partial charge < -0.3 is 10.9 Å². The van der Waals surface area contributed by atoms with Crippen LogP contribution in [0.15, 0.2) is 60.0 Å². The molecule has 0 aliphatic rings. The number of aliphatic hydroxyl groups is 1. The summed E-state index contributed by atoms with van der Waals surface area (Å²) in [5.74, 6) is 3.93. The monoisotopic (exact) mass is 468 g/mol. The second-order valence-corrected chi connectivity index (χ2v) is 7.23. The summed E-state index contributed by atoms with van der Waals surface area (Å²) in [5.41, 5.74) is -4.24. The van der Waals surface area contributed by atoms with E-state index in [1.54, 1.807) is 12.1 Å². The summed E-state index contributed by atoms with van der Waals surface area (Å²) in [7, 11) is 0. The topological polar surface area (TPSA) is 114 Å². The number of aromatic nitrogens is 2. The van der Waals surface area contributed by atoms with E-state index in [0.717, 1.165) is 24.7 Å². The van der Waals surface area contributed by atoms with Crippen molar-refractivity contribution in [1.82, 2.24) is 15.0 Å². The van der Waals surface area contributed by atoms with Crippen LogP contribution in [0, 0.1) is 11.6 Å². The maximum Gasteiger partial charge on any atom is 0.323 e. The van der Waals surface area contributed by atoms with Crippen molar-refractivity contribution in [1.29, 1.82) is 0 Å². The van der Waals surface area contributed by atoms with Gasteiger partial charge in [0.15, 0.2) is 5.60 Å². The van der Waals surface area contributed by atoms with Gasteiger partial charge in [0.05, 0.1) is 17.3 Å². The second kappa shape index (κ2) is 9.07. The number of rotatable bonds is 7. The molecular weight excluding hydrogens is 452 g/mol. The molecule has 0 amide bonds. The Hall–Kier alpha value is -3.28. The summed E-state index contributed by atoms with van der Waals surface area (Å²) in [4.78, 5) is 7.82. The van der Waals surface area contributed by atoms with E-state index in [4.69, 9.17) is 23.3 Å². The van der Waals surface area contributed by atoms with Gasteiger partial charge in [0, 0.05) is 29.6 Å². The zero-order chi connectivity index (χ0) is 23.5. The lowest BCUT2D eigenvalue weighted by Gasteiger charge is -2.37. The zero-order valence-electron chi connectivity index (χ0n) is 16.3.